The molecule has 33 heavy (non-hydrogen) atoms. The Morgan fingerprint density at radius 1 is 0.636 bits per heavy atom. The van der Waals surface area contributed by atoms with Gasteiger partial charge in [0.25, 0.3) is 6.36 Å². The molecule has 0 spiro atoms. The number of hydrogen-bond acceptors (Lipinski definition) is 3. The molecule has 0 rings (SSSR count). The molecule has 0 fully saturated rings. The van der Waals surface area contributed by atoms with Crippen LogP contribution in [-0.2, 0) is 14.2 Å². The molecule has 3 nitrogen and oxygen atoms in total. The van der Waals surface area contributed by atoms with E-state index in [1.807, 2.05) is 4.74 Å². The van der Waals surface area contributed by atoms with Gasteiger partial charge in [-0.05, 0) is 6.92 Å². The summed E-state index contributed by atoms with van der Waals surface area (Å²) in [5.41, 5.74) is 0. The third-order valence-corrected chi connectivity index (χ3v) is 3.13. The van der Waals surface area contributed by atoms with Crippen LogP contribution in [0.15, 0.2) is 12.1 Å². The monoisotopic (exact) mass is 540 g/mol. The zero-order valence-electron chi connectivity index (χ0n) is 14.8. The first-order valence-corrected chi connectivity index (χ1v) is 7.27. The molecule has 0 aromatic rings. The molecule has 0 bridgehead atoms. The summed E-state index contributed by atoms with van der Waals surface area (Å²) < 4.78 is 240. The van der Waals surface area contributed by atoms with Gasteiger partial charge in [-0.15, -0.1) is 0 Å². The van der Waals surface area contributed by atoms with Gasteiger partial charge in [-0.2, -0.15) is 74.6 Å². The first-order chi connectivity index (χ1) is 14.3. The second-order valence-corrected chi connectivity index (χ2v) is 5.40. The van der Waals surface area contributed by atoms with E-state index in [2.05, 4.69) is 4.74 Å². The minimum absolute atomic E-state index is 0.610. The molecule has 0 radical (unpaired) electrons. The molecule has 0 N–H and O–H groups in total. The van der Waals surface area contributed by atoms with E-state index in [1.54, 1.807) is 4.74 Å². The van der Waals surface area contributed by atoms with Crippen molar-refractivity contribution in [1.82, 2.24) is 0 Å². The molecule has 21 heteroatoms. The van der Waals surface area contributed by atoms with Crippen LogP contribution in [0.4, 0.5) is 79.0 Å². The molecular weight excluding hydrogens is 534 g/mol. The highest BCUT2D eigenvalue weighted by Gasteiger charge is 2.92. The predicted molar refractivity (Wildman–Crippen MR) is 63.7 cm³/mol. The van der Waals surface area contributed by atoms with E-state index in [0.29, 0.717) is 6.92 Å². The van der Waals surface area contributed by atoms with Crippen molar-refractivity contribution >= 4 is 0 Å². The van der Waals surface area contributed by atoms with Gasteiger partial charge >= 0.3 is 54.1 Å². The molecule has 0 saturated carbocycles. The summed E-state index contributed by atoms with van der Waals surface area (Å²) in [6.45, 7) is -0.669. The topological polar surface area (TPSA) is 27.7 Å². The Labute approximate surface area is 168 Å². The lowest BCUT2D eigenvalue weighted by atomic mass is 9.97. The molecule has 1 unspecified atom stereocenters. The van der Waals surface area contributed by atoms with Gasteiger partial charge in [-0.3, -0.25) is 4.74 Å². The third-order valence-electron chi connectivity index (χ3n) is 3.13. The van der Waals surface area contributed by atoms with Crippen LogP contribution in [0.1, 0.15) is 6.92 Å². The zero-order valence-corrected chi connectivity index (χ0v) is 14.8. The predicted octanol–water partition coefficient (Wildman–Crippen LogP) is 6.71. The normalized spacial score (nSPS) is 16.0. The van der Waals surface area contributed by atoms with E-state index in [-0.39, 0.29) is 0 Å². The van der Waals surface area contributed by atoms with Gasteiger partial charge in [-0.25, -0.2) is 4.39 Å². The Morgan fingerprint density at radius 2 is 1.00 bits per heavy atom. The number of rotatable bonds is 12. The quantitative estimate of drug-likeness (QED) is 0.204. The molecule has 198 valence electrons. The van der Waals surface area contributed by atoms with Crippen molar-refractivity contribution in [3.05, 3.63) is 12.1 Å². The van der Waals surface area contributed by atoms with E-state index >= 15 is 0 Å². The minimum atomic E-state index is -8.48. The summed E-state index contributed by atoms with van der Waals surface area (Å²) in [7, 11) is 0. The first-order valence-electron chi connectivity index (χ1n) is 7.27. The molecule has 0 aliphatic heterocycles. The maximum atomic E-state index is 13.4. The van der Waals surface area contributed by atoms with Crippen molar-refractivity contribution in [3.8, 4) is 0 Å². The van der Waals surface area contributed by atoms with E-state index in [4.69, 9.17) is 0 Å². The lowest BCUT2D eigenvalue weighted by Gasteiger charge is -2.40. The maximum absolute atomic E-state index is 13.4. The first kappa shape index (κ1) is 31.2. The molecule has 0 amide bonds. The molecule has 0 heterocycles. The van der Waals surface area contributed by atoms with Crippen LogP contribution in [0.5, 0.6) is 0 Å². The van der Waals surface area contributed by atoms with Crippen molar-refractivity contribution < 1.29 is 93.2 Å². The van der Waals surface area contributed by atoms with Crippen LogP contribution >= 0.6 is 0 Å². The van der Waals surface area contributed by atoms with Crippen molar-refractivity contribution in [3.63, 3.8) is 0 Å². The van der Waals surface area contributed by atoms with Gasteiger partial charge < -0.3 is 9.47 Å². The molecule has 1 atom stereocenters. The van der Waals surface area contributed by atoms with Crippen LogP contribution in [-0.4, -0.2) is 55.0 Å². The minimum Gasteiger partial charge on any atom is -0.397 e. The SMILES string of the molecule is CCOC(F)(F)C(F)OC(F)(F)C(F)(F)C(F)(F)C(F)(F)C(F)(F)C(F)(F)OC(F)=C(F)F. The Balaban J connectivity index is 6.37. The lowest BCUT2D eigenvalue weighted by Crippen LogP contribution is -2.71. The van der Waals surface area contributed by atoms with Crippen molar-refractivity contribution in [2.45, 2.75) is 55.3 Å². The molecule has 0 aromatic heterocycles. The highest BCUT2D eigenvalue weighted by atomic mass is 19.4. The molecule has 0 saturated heterocycles. The largest absolute Gasteiger partial charge is 0.472 e. The van der Waals surface area contributed by atoms with E-state index in [0.717, 1.165) is 0 Å². The fourth-order valence-corrected chi connectivity index (χ4v) is 1.51. The van der Waals surface area contributed by atoms with Gasteiger partial charge in [0.15, 0.2) is 0 Å². The van der Waals surface area contributed by atoms with Gasteiger partial charge in [-0.1, -0.05) is 0 Å². The Morgan fingerprint density at radius 3 is 1.33 bits per heavy atom. The molecule has 0 aromatic carbocycles. The molecule has 0 aliphatic carbocycles. The average Bonchev–Trinajstić information content (AvgIpc) is 2.59. The standard InChI is InChI=1S/C12H6F18O3/c1-2-31-6(17,18)5(16)33-12(29,30)10(25,26)8(21,22)7(19,20)9(23,24)11(27,28)32-4(15)3(13)14/h5H,2H2,1H3. The summed E-state index contributed by atoms with van der Waals surface area (Å²) in [5.74, 6) is -33.4. The smallest absolute Gasteiger partial charge is 0.397 e. The molecule has 0 aliphatic rings. The van der Waals surface area contributed by atoms with E-state index in [9.17, 15) is 79.0 Å². The Kier molecular flexibility index (Phi) is 8.60. The van der Waals surface area contributed by atoms with Gasteiger partial charge in [0.2, 0.25) is 0 Å². The van der Waals surface area contributed by atoms with Crippen LogP contribution in [0.3, 0.4) is 0 Å². The highest BCUT2D eigenvalue weighted by molar-refractivity contribution is 5.09. The third kappa shape index (κ3) is 5.32. The van der Waals surface area contributed by atoms with Gasteiger partial charge in [0.1, 0.15) is 0 Å². The lowest BCUT2D eigenvalue weighted by molar-refractivity contribution is -0.491. The van der Waals surface area contributed by atoms with Crippen molar-refractivity contribution in [2.24, 2.45) is 0 Å². The summed E-state index contributed by atoms with van der Waals surface area (Å²) in [6.07, 6.45) is -30.0. The van der Waals surface area contributed by atoms with Crippen LogP contribution in [0.2, 0.25) is 0 Å². The maximum Gasteiger partial charge on any atom is 0.472 e. The van der Waals surface area contributed by atoms with Crippen LogP contribution < -0.4 is 0 Å². The van der Waals surface area contributed by atoms with E-state index in [1.165, 1.54) is 0 Å². The summed E-state index contributed by atoms with van der Waals surface area (Å²) >= 11 is 0. The van der Waals surface area contributed by atoms with Crippen molar-refractivity contribution in [1.29, 1.82) is 0 Å². The fourth-order valence-electron chi connectivity index (χ4n) is 1.51. The highest BCUT2D eigenvalue weighted by Crippen LogP contribution is 2.61. The van der Waals surface area contributed by atoms with Gasteiger partial charge in [0, 0.05) is 0 Å². The summed E-state index contributed by atoms with van der Waals surface area (Å²) in [6, 6.07) is -4.10. The summed E-state index contributed by atoms with van der Waals surface area (Å²) in [5, 5.41) is 0. The molecular formula is C12H6F18O3. The number of ether oxygens (including phenoxy) is 3. The zero-order chi connectivity index (χ0) is 27.1. The number of alkyl halides is 15. The average molecular weight is 540 g/mol. The Hall–Kier alpha value is -1.80. The number of halogens is 18. The second-order valence-electron chi connectivity index (χ2n) is 5.40. The summed E-state index contributed by atoms with van der Waals surface area (Å²) in [4.78, 5) is 0. The van der Waals surface area contributed by atoms with Crippen LogP contribution in [0.25, 0.3) is 0 Å². The van der Waals surface area contributed by atoms with Gasteiger partial charge in [0.05, 0.1) is 6.61 Å². The van der Waals surface area contributed by atoms with E-state index < -0.39 is 67.1 Å². The second kappa shape index (κ2) is 9.10. The Bertz CT molecular complexity index is 712. The number of hydrogen-bond donors (Lipinski definition) is 0. The van der Waals surface area contributed by atoms with Crippen LogP contribution in [0, 0.1) is 0 Å². The van der Waals surface area contributed by atoms with Crippen molar-refractivity contribution in [2.75, 3.05) is 6.61 Å². The fraction of sp³-hybridized carbons (Fsp3) is 0.833.